The lowest BCUT2D eigenvalue weighted by Crippen LogP contribution is -2.44. The van der Waals surface area contributed by atoms with Gasteiger partial charge in [0.2, 0.25) is 0 Å². The van der Waals surface area contributed by atoms with E-state index in [1.165, 1.54) is 24.2 Å². The van der Waals surface area contributed by atoms with Crippen LogP contribution in [0.2, 0.25) is 0 Å². The molecule has 1 aromatic heterocycles. The molecule has 0 radical (unpaired) electrons. The van der Waals surface area contributed by atoms with Gasteiger partial charge in [-0.15, -0.1) is 0 Å². The van der Waals surface area contributed by atoms with Gasteiger partial charge in [0.15, 0.2) is 11.5 Å². The first-order chi connectivity index (χ1) is 18.6. The molecule has 0 bridgehead atoms. The summed E-state index contributed by atoms with van der Waals surface area (Å²) < 4.78 is 11.1. The second kappa shape index (κ2) is 10.5. The number of aryl methyl sites for hydroxylation is 1. The second-order valence-corrected chi connectivity index (χ2v) is 10.6. The lowest BCUT2D eigenvalue weighted by Gasteiger charge is -2.37. The summed E-state index contributed by atoms with van der Waals surface area (Å²) in [6, 6.07) is 24.8. The van der Waals surface area contributed by atoms with Crippen molar-refractivity contribution in [1.29, 1.82) is 0 Å². The minimum absolute atomic E-state index is 0.00215. The maximum absolute atomic E-state index is 13.3. The van der Waals surface area contributed by atoms with Crippen molar-refractivity contribution in [3.8, 4) is 17.1 Å². The summed E-state index contributed by atoms with van der Waals surface area (Å²) in [6.07, 6.45) is 1.63. The molecule has 0 saturated carbocycles. The van der Waals surface area contributed by atoms with Crippen molar-refractivity contribution in [2.75, 3.05) is 26.7 Å². The molecule has 1 fully saturated rings. The van der Waals surface area contributed by atoms with E-state index in [0.29, 0.717) is 12.2 Å². The Kier molecular flexibility index (Phi) is 6.73. The van der Waals surface area contributed by atoms with Gasteiger partial charge in [-0.3, -0.25) is 9.69 Å². The molecule has 6 nitrogen and oxygen atoms in total. The van der Waals surface area contributed by atoms with Crippen LogP contribution < -0.4 is 10.1 Å². The van der Waals surface area contributed by atoms with Crippen LogP contribution in [0.15, 0.2) is 77.3 Å². The van der Waals surface area contributed by atoms with Gasteiger partial charge in [0.25, 0.3) is 5.91 Å². The molecule has 6 rings (SSSR count). The number of carbonyl (C=O) groups is 1. The number of amides is 1. The number of nitrogens with zero attached hydrogens (tertiary/aromatic N) is 2. The Balaban J connectivity index is 1.19. The molecule has 6 heteroatoms. The van der Waals surface area contributed by atoms with Crippen LogP contribution in [0.3, 0.4) is 0 Å². The Morgan fingerprint density at radius 3 is 2.55 bits per heavy atom. The average Bonchev–Trinajstić information content (AvgIpc) is 3.38. The summed E-state index contributed by atoms with van der Waals surface area (Å²) in [5.41, 5.74) is 7.21. The fourth-order valence-electron chi connectivity index (χ4n) is 5.81. The molecule has 2 aliphatic rings. The molecule has 1 N–H and O–H groups in total. The summed E-state index contributed by atoms with van der Waals surface area (Å²) in [7, 11) is 1.66. The highest BCUT2D eigenvalue weighted by Crippen LogP contribution is 2.36. The van der Waals surface area contributed by atoms with Crippen molar-refractivity contribution < 1.29 is 14.1 Å². The van der Waals surface area contributed by atoms with Gasteiger partial charge in [0.05, 0.1) is 7.11 Å². The first kappa shape index (κ1) is 24.4. The van der Waals surface area contributed by atoms with Crippen LogP contribution in [0.5, 0.6) is 5.75 Å². The maximum Gasteiger partial charge on any atom is 0.273 e. The van der Waals surface area contributed by atoms with Gasteiger partial charge in [-0.2, -0.15) is 0 Å². The van der Waals surface area contributed by atoms with E-state index >= 15 is 0 Å². The van der Waals surface area contributed by atoms with Crippen LogP contribution in [0.4, 0.5) is 0 Å². The highest BCUT2D eigenvalue weighted by Gasteiger charge is 2.29. The molecule has 1 aliphatic heterocycles. The van der Waals surface area contributed by atoms with Crippen LogP contribution in [-0.2, 0) is 19.4 Å². The number of hydrogen-bond acceptors (Lipinski definition) is 5. The summed E-state index contributed by atoms with van der Waals surface area (Å²) in [6.45, 7) is 6.08. The Labute approximate surface area is 223 Å². The molecular weight excluding hydrogens is 474 g/mol. The molecule has 1 aliphatic carbocycles. The predicted octanol–water partition coefficient (Wildman–Crippen LogP) is 5.46. The van der Waals surface area contributed by atoms with Gasteiger partial charge in [-0.25, -0.2) is 0 Å². The SMILES string of the molecule is COc1ccc(C(CNC(=O)c2noc3c2CCc2cc(CN4CC(C)C4)ccc2-3)c2ccccc2)cc1. The molecule has 2 heterocycles. The standard InChI is InChI=1S/C32H33N3O3/c1-21-18-35(19-21)20-22-8-14-27-25(16-22)11-15-28-30(34-38-31(27)28)32(36)33-17-29(23-6-4-3-5-7-23)24-9-12-26(37-2)13-10-24/h3-10,12-14,16,21,29H,11,15,17-20H2,1-2H3,(H,33,36). The van der Waals surface area contributed by atoms with E-state index in [1.807, 2.05) is 42.5 Å². The predicted molar refractivity (Wildman–Crippen MR) is 147 cm³/mol. The monoisotopic (exact) mass is 507 g/mol. The molecule has 4 aromatic rings. The summed E-state index contributed by atoms with van der Waals surface area (Å²) >= 11 is 0. The molecule has 38 heavy (non-hydrogen) atoms. The highest BCUT2D eigenvalue weighted by atomic mass is 16.5. The molecule has 1 saturated heterocycles. The minimum atomic E-state index is -0.198. The summed E-state index contributed by atoms with van der Waals surface area (Å²) in [5.74, 6) is 2.14. The topological polar surface area (TPSA) is 67.6 Å². The van der Waals surface area contributed by atoms with Gasteiger partial charge in [0.1, 0.15) is 5.75 Å². The van der Waals surface area contributed by atoms with E-state index < -0.39 is 0 Å². The largest absolute Gasteiger partial charge is 0.497 e. The molecule has 0 spiro atoms. The quantitative estimate of drug-likeness (QED) is 0.343. The van der Waals surface area contributed by atoms with E-state index in [4.69, 9.17) is 9.26 Å². The fourth-order valence-corrected chi connectivity index (χ4v) is 5.81. The van der Waals surface area contributed by atoms with E-state index in [2.05, 4.69) is 52.6 Å². The minimum Gasteiger partial charge on any atom is -0.497 e. The lowest BCUT2D eigenvalue weighted by atomic mass is 9.88. The molecule has 194 valence electrons. The number of likely N-dealkylation sites (tertiary alicyclic amines) is 1. The average molecular weight is 508 g/mol. The van der Waals surface area contributed by atoms with Crippen molar-refractivity contribution in [3.63, 3.8) is 0 Å². The van der Waals surface area contributed by atoms with Crippen molar-refractivity contribution in [3.05, 3.63) is 106 Å². The molecule has 1 amide bonds. The van der Waals surface area contributed by atoms with E-state index in [-0.39, 0.29) is 11.8 Å². The summed E-state index contributed by atoms with van der Waals surface area (Å²) in [5, 5.41) is 7.37. The second-order valence-electron chi connectivity index (χ2n) is 10.6. The van der Waals surface area contributed by atoms with Crippen molar-refractivity contribution in [2.24, 2.45) is 5.92 Å². The Morgan fingerprint density at radius 1 is 1.05 bits per heavy atom. The Bertz CT molecular complexity index is 1420. The van der Waals surface area contributed by atoms with E-state index in [0.717, 1.165) is 59.1 Å². The van der Waals surface area contributed by atoms with Gasteiger partial charge < -0.3 is 14.6 Å². The first-order valence-electron chi connectivity index (χ1n) is 13.4. The molecule has 1 unspecified atom stereocenters. The first-order valence-corrected chi connectivity index (χ1v) is 13.4. The number of ether oxygens (including phenoxy) is 1. The third kappa shape index (κ3) is 4.84. The number of rotatable bonds is 8. The Hall–Kier alpha value is -3.90. The van der Waals surface area contributed by atoms with E-state index in [9.17, 15) is 4.79 Å². The smallest absolute Gasteiger partial charge is 0.273 e. The molecule has 3 aromatic carbocycles. The zero-order chi connectivity index (χ0) is 26.1. The van der Waals surface area contributed by atoms with Crippen LogP contribution in [-0.4, -0.2) is 42.7 Å². The molecule has 1 atom stereocenters. The number of benzene rings is 3. The zero-order valence-corrected chi connectivity index (χ0v) is 21.9. The normalized spacial score (nSPS) is 15.7. The maximum atomic E-state index is 13.3. The van der Waals surface area contributed by atoms with Gasteiger partial charge in [0, 0.05) is 43.2 Å². The van der Waals surface area contributed by atoms with Gasteiger partial charge >= 0.3 is 0 Å². The lowest BCUT2D eigenvalue weighted by molar-refractivity contribution is 0.0942. The summed E-state index contributed by atoms with van der Waals surface area (Å²) in [4.78, 5) is 15.8. The van der Waals surface area contributed by atoms with Crippen LogP contribution in [0.25, 0.3) is 11.3 Å². The highest BCUT2D eigenvalue weighted by molar-refractivity contribution is 5.95. The fraction of sp³-hybridized carbons (Fsp3) is 0.312. The Morgan fingerprint density at radius 2 is 1.82 bits per heavy atom. The number of carbonyl (C=O) groups excluding carboxylic acids is 1. The number of nitrogens with one attached hydrogen (secondary N) is 1. The van der Waals surface area contributed by atoms with Crippen molar-refractivity contribution in [1.82, 2.24) is 15.4 Å². The third-order valence-corrected chi connectivity index (χ3v) is 7.79. The van der Waals surface area contributed by atoms with Crippen LogP contribution in [0.1, 0.15) is 51.1 Å². The van der Waals surface area contributed by atoms with Crippen LogP contribution >= 0.6 is 0 Å². The van der Waals surface area contributed by atoms with E-state index in [1.54, 1.807) is 7.11 Å². The molecular formula is C32H33N3O3. The number of methoxy groups -OCH3 is 1. The van der Waals surface area contributed by atoms with Crippen LogP contribution in [0, 0.1) is 5.92 Å². The van der Waals surface area contributed by atoms with Gasteiger partial charge in [-0.05, 0) is 53.1 Å². The number of aromatic nitrogens is 1. The zero-order valence-electron chi connectivity index (χ0n) is 21.9. The van der Waals surface area contributed by atoms with Crippen molar-refractivity contribution in [2.45, 2.75) is 32.2 Å². The van der Waals surface area contributed by atoms with Crippen molar-refractivity contribution >= 4 is 5.91 Å². The van der Waals surface area contributed by atoms with Gasteiger partial charge in [-0.1, -0.05) is 72.7 Å². The third-order valence-electron chi connectivity index (χ3n) is 7.79. The number of hydrogen-bond donors (Lipinski definition) is 1. The number of fused-ring (bicyclic) bond motifs is 3.